The number of rotatable bonds is 2. The molecule has 3 heterocycles. The Balaban J connectivity index is 2.08. The van der Waals surface area contributed by atoms with Crippen molar-refractivity contribution >= 4 is 11.0 Å². The highest BCUT2D eigenvalue weighted by Gasteiger charge is 2.22. The van der Waals surface area contributed by atoms with E-state index in [-0.39, 0.29) is 0 Å². The number of hydrogen-bond donors (Lipinski definition) is 0. The largest absolute Gasteiger partial charge is 0.296 e. The smallest absolute Gasteiger partial charge is 0.159 e. The SMILES string of the molecule is CC(c1ccnc2ncccc12)N1CCC1. The molecule has 3 heteroatoms. The Morgan fingerprint density at radius 1 is 1.19 bits per heavy atom. The molecule has 0 spiro atoms. The number of likely N-dealkylation sites (tertiary alicyclic amines) is 1. The third-order valence-electron chi connectivity index (χ3n) is 3.44. The number of fused-ring (bicyclic) bond motifs is 1. The molecule has 1 atom stereocenters. The van der Waals surface area contributed by atoms with Crippen molar-refractivity contribution in [3.63, 3.8) is 0 Å². The highest BCUT2D eigenvalue weighted by Crippen LogP contribution is 2.28. The van der Waals surface area contributed by atoms with Gasteiger partial charge in [-0.2, -0.15) is 0 Å². The highest BCUT2D eigenvalue weighted by molar-refractivity contribution is 5.78. The van der Waals surface area contributed by atoms with Crippen molar-refractivity contribution in [2.75, 3.05) is 13.1 Å². The molecule has 0 amide bonds. The standard InChI is InChI=1S/C13H15N3/c1-10(16-8-3-9-16)11-5-7-15-13-12(11)4-2-6-14-13/h2,4-7,10H,3,8-9H2,1H3. The van der Waals surface area contributed by atoms with E-state index < -0.39 is 0 Å². The van der Waals surface area contributed by atoms with Crippen LogP contribution in [0.15, 0.2) is 30.6 Å². The van der Waals surface area contributed by atoms with Crippen molar-refractivity contribution in [1.82, 2.24) is 14.9 Å². The molecule has 1 aliphatic rings. The predicted molar refractivity (Wildman–Crippen MR) is 64.1 cm³/mol. The van der Waals surface area contributed by atoms with E-state index in [9.17, 15) is 0 Å². The lowest BCUT2D eigenvalue weighted by Crippen LogP contribution is -2.39. The summed E-state index contributed by atoms with van der Waals surface area (Å²) in [5.74, 6) is 0. The molecule has 0 saturated carbocycles. The summed E-state index contributed by atoms with van der Waals surface area (Å²) in [5, 5.41) is 1.18. The molecule has 3 nitrogen and oxygen atoms in total. The van der Waals surface area contributed by atoms with E-state index in [1.807, 2.05) is 12.3 Å². The molecule has 0 aliphatic carbocycles. The van der Waals surface area contributed by atoms with Crippen LogP contribution in [0.25, 0.3) is 11.0 Å². The molecule has 1 aliphatic heterocycles. The van der Waals surface area contributed by atoms with E-state index in [4.69, 9.17) is 0 Å². The number of pyridine rings is 2. The Morgan fingerprint density at radius 3 is 2.75 bits per heavy atom. The lowest BCUT2D eigenvalue weighted by Gasteiger charge is -2.37. The van der Waals surface area contributed by atoms with Crippen LogP contribution in [0, 0.1) is 0 Å². The van der Waals surface area contributed by atoms with E-state index in [0.29, 0.717) is 6.04 Å². The van der Waals surface area contributed by atoms with Gasteiger partial charge in [-0.15, -0.1) is 0 Å². The monoisotopic (exact) mass is 213 g/mol. The summed E-state index contributed by atoms with van der Waals surface area (Å²) in [4.78, 5) is 11.1. The van der Waals surface area contributed by atoms with Crippen molar-refractivity contribution < 1.29 is 0 Å². The molecule has 2 aromatic rings. The molecule has 1 fully saturated rings. The van der Waals surface area contributed by atoms with E-state index in [0.717, 1.165) is 5.65 Å². The summed E-state index contributed by atoms with van der Waals surface area (Å²) in [6.45, 7) is 4.69. The summed E-state index contributed by atoms with van der Waals surface area (Å²) in [6, 6.07) is 6.69. The summed E-state index contributed by atoms with van der Waals surface area (Å²) >= 11 is 0. The Hall–Kier alpha value is -1.48. The first-order valence-electron chi connectivity index (χ1n) is 5.80. The van der Waals surface area contributed by atoms with Crippen molar-refractivity contribution in [2.45, 2.75) is 19.4 Å². The average molecular weight is 213 g/mol. The average Bonchev–Trinajstić information content (AvgIpc) is 2.26. The van der Waals surface area contributed by atoms with Crippen LogP contribution in [0.4, 0.5) is 0 Å². The van der Waals surface area contributed by atoms with Crippen molar-refractivity contribution in [2.24, 2.45) is 0 Å². The van der Waals surface area contributed by atoms with Gasteiger partial charge in [-0.3, -0.25) is 4.90 Å². The molecule has 0 radical (unpaired) electrons. The number of hydrogen-bond acceptors (Lipinski definition) is 3. The van der Waals surface area contributed by atoms with Gasteiger partial charge in [-0.05, 0) is 50.2 Å². The molecule has 1 saturated heterocycles. The number of nitrogens with zero attached hydrogens (tertiary/aromatic N) is 3. The lowest BCUT2D eigenvalue weighted by atomic mass is 10.0. The van der Waals surface area contributed by atoms with Gasteiger partial charge in [0.05, 0.1) is 0 Å². The maximum atomic E-state index is 4.30. The van der Waals surface area contributed by atoms with Gasteiger partial charge in [0.25, 0.3) is 0 Å². The summed E-state index contributed by atoms with van der Waals surface area (Å²) in [7, 11) is 0. The zero-order valence-corrected chi connectivity index (χ0v) is 9.43. The van der Waals surface area contributed by atoms with Gasteiger partial charge in [0.1, 0.15) is 0 Å². The van der Waals surface area contributed by atoms with E-state index >= 15 is 0 Å². The second-order valence-corrected chi connectivity index (χ2v) is 4.34. The molecular formula is C13H15N3. The van der Waals surface area contributed by atoms with Crippen LogP contribution in [-0.4, -0.2) is 28.0 Å². The third-order valence-corrected chi connectivity index (χ3v) is 3.44. The van der Waals surface area contributed by atoms with Crippen LogP contribution in [-0.2, 0) is 0 Å². The lowest BCUT2D eigenvalue weighted by molar-refractivity contribution is 0.129. The van der Waals surface area contributed by atoms with Crippen LogP contribution in [0.5, 0.6) is 0 Å². The minimum Gasteiger partial charge on any atom is -0.296 e. The fraction of sp³-hybridized carbons (Fsp3) is 0.385. The van der Waals surface area contributed by atoms with Crippen molar-refractivity contribution in [3.8, 4) is 0 Å². The zero-order chi connectivity index (χ0) is 11.0. The molecule has 0 aromatic carbocycles. The molecule has 3 rings (SSSR count). The van der Waals surface area contributed by atoms with E-state index in [2.05, 4.69) is 33.9 Å². The zero-order valence-electron chi connectivity index (χ0n) is 9.43. The van der Waals surface area contributed by atoms with E-state index in [1.165, 1.54) is 30.5 Å². The minimum atomic E-state index is 0.475. The van der Waals surface area contributed by atoms with Crippen LogP contribution in [0.2, 0.25) is 0 Å². The van der Waals surface area contributed by atoms with E-state index in [1.54, 1.807) is 6.20 Å². The molecular weight excluding hydrogens is 198 g/mol. The van der Waals surface area contributed by atoms with Gasteiger partial charge < -0.3 is 0 Å². The maximum Gasteiger partial charge on any atom is 0.159 e. The molecule has 0 bridgehead atoms. The van der Waals surface area contributed by atoms with Gasteiger partial charge in [0, 0.05) is 23.8 Å². The molecule has 2 aromatic heterocycles. The summed E-state index contributed by atoms with van der Waals surface area (Å²) < 4.78 is 0. The van der Waals surface area contributed by atoms with Crippen LogP contribution >= 0.6 is 0 Å². The second-order valence-electron chi connectivity index (χ2n) is 4.34. The molecule has 1 unspecified atom stereocenters. The summed E-state index contributed by atoms with van der Waals surface area (Å²) in [5.41, 5.74) is 2.20. The van der Waals surface area contributed by atoms with Crippen molar-refractivity contribution in [1.29, 1.82) is 0 Å². The van der Waals surface area contributed by atoms with Crippen LogP contribution in [0.3, 0.4) is 0 Å². The number of aromatic nitrogens is 2. The Kier molecular flexibility index (Phi) is 2.33. The first kappa shape index (κ1) is 9.73. The first-order valence-corrected chi connectivity index (χ1v) is 5.80. The van der Waals surface area contributed by atoms with Gasteiger partial charge in [-0.25, -0.2) is 9.97 Å². The van der Waals surface area contributed by atoms with Crippen molar-refractivity contribution in [3.05, 3.63) is 36.2 Å². The fourth-order valence-electron chi connectivity index (χ4n) is 2.29. The van der Waals surface area contributed by atoms with Gasteiger partial charge in [-0.1, -0.05) is 0 Å². The van der Waals surface area contributed by atoms with Gasteiger partial charge in [0.2, 0.25) is 0 Å². The molecule has 82 valence electrons. The third kappa shape index (κ3) is 1.48. The Bertz CT molecular complexity index is 500. The quantitative estimate of drug-likeness (QED) is 0.767. The summed E-state index contributed by atoms with van der Waals surface area (Å²) in [6.07, 6.45) is 4.99. The molecule has 0 N–H and O–H groups in total. The maximum absolute atomic E-state index is 4.30. The fourth-order valence-corrected chi connectivity index (χ4v) is 2.29. The Labute approximate surface area is 95.1 Å². The van der Waals surface area contributed by atoms with Crippen LogP contribution in [0.1, 0.15) is 24.9 Å². The normalized spacial score (nSPS) is 18.3. The van der Waals surface area contributed by atoms with Crippen LogP contribution < -0.4 is 0 Å². The molecule has 16 heavy (non-hydrogen) atoms. The Morgan fingerprint density at radius 2 is 2.00 bits per heavy atom. The first-order chi connectivity index (χ1) is 7.86. The highest BCUT2D eigenvalue weighted by atomic mass is 15.2. The van der Waals surface area contributed by atoms with Gasteiger partial charge in [0.15, 0.2) is 5.65 Å². The second kappa shape index (κ2) is 3.83. The van der Waals surface area contributed by atoms with Gasteiger partial charge >= 0.3 is 0 Å². The topological polar surface area (TPSA) is 29.0 Å². The predicted octanol–water partition coefficient (Wildman–Crippen LogP) is 2.40. The minimum absolute atomic E-state index is 0.475.